The summed E-state index contributed by atoms with van der Waals surface area (Å²) in [6.07, 6.45) is 3.35. The van der Waals surface area contributed by atoms with Crippen LogP contribution in [0, 0.1) is 23.8 Å². The molecule has 0 amide bonds. The Labute approximate surface area is 244 Å². The molecule has 0 aliphatic rings. The summed E-state index contributed by atoms with van der Waals surface area (Å²) in [6, 6.07) is 16.6. The molecule has 38 heavy (non-hydrogen) atoms. The van der Waals surface area contributed by atoms with E-state index in [1.165, 1.54) is 28.0 Å². The number of benzene rings is 2. The van der Waals surface area contributed by atoms with Crippen LogP contribution < -0.4 is 0 Å². The molecule has 3 aromatic rings. The number of aliphatic hydroxyl groups is 1. The summed E-state index contributed by atoms with van der Waals surface area (Å²) >= 11 is 0. The fourth-order valence-electron chi connectivity index (χ4n) is 3.69. The quantitative estimate of drug-likeness (QED) is 0.169. The van der Waals surface area contributed by atoms with E-state index >= 15 is 0 Å². The van der Waals surface area contributed by atoms with Crippen molar-refractivity contribution in [2.75, 3.05) is 0 Å². The van der Waals surface area contributed by atoms with Gasteiger partial charge < -0.3 is 10.1 Å². The van der Waals surface area contributed by atoms with Gasteiger partial charge in [0, 0.05) is 48.6 Å². The molecule has 1 radical (unpaired) electrons. The van der Waals surface area contributed by atoms with E-state index in [-0.39, 0.29) is 42.5 Å². The van der Waals surface area contributed by atoms with Gasteiger partial charge in [-0.25, -0.2) is 0 Å². The van der Waals surface area contributed by atoms with Gasteiger partial charge >= 0.3 is 0 Å². The van der Waals surface area contributed by atoms with Gasteiger partial charge in [0.05, 0.1) is 0 Å². The summed E-state index contributed by atoms with van der Waals surface area (Å²) < 4.78 is 0. The van der Waals surface area contributed by atoms with Crippen molar-refractivity contribution < 1.29 is 30.0 Å². The van der Waals surface area contributed by atoms with E-state index < -0.39 is 5.41 Å². The number of rotatable bonds is 3. The smallest absolute Gasteiger partial charge is 0.164 e. The van der Waals surface area contributed by atoms with Crippen LogP contribution in [0.3, 0.4) is 0 Å². The third-order valence-electron chi connectivity index (χ3n) is 6.34. The summed E-state index contributed by atoms with van der Waals surface area (Å²) in [4.78, 5) is 16.2. The number of aliphatic hydroxyl groups excluding tert-OH is 1. The van der Waals surface area contributed by atoms with Crippen LogP contribution in [-0.4, -0.2) is 15.9 Å². The summed E-state index contributed by atoms with van der Waals surface area (Å²) in [5.74, 6) is 0.603. The second-order valence-corrected chi connectivity index (χ2v) is 13.4. The van der Waals surface area contributed by atoms with Crippen molar-refractivity contribution in [1.29, 1.82) is 0 Å². The standard InChI is InChI=1S/C23H26N.C11H20O2.Ir/c1-15(2)20-9-7-8-17-13-22(24-14-21(17)20)18-10-16(3)11-19(12-18)23(4,5)6;1-10(2,3)8(12)7-9(13)11(4,5)6;/h7-9,11-15H,1-6H3;7,12H,1-6H3;/q-1;;/b;8-7-;. The molecule has 0 fully saturated rings. The maximum Gasteiger partial charge on any atom is 0.164 e. The Bertz CT molecular complexity index is 1280. The zero-order valence-corrected chi connectivity index (χ0v) is 27.7. The van der Waals surface area contributed by atoms with Crippen molar-refractivity contribution in [3.63, 3.8) is 0 Å². The van der Waals surface area contributed by atoms with Crippen molar-refractivity contribution >= 4 is 16.6 Å². The molecule has 0 saturated heterocycles. The molecule has 0 aliphatic heterocycles. The summed E-state index contributed by atoms with van der Waals surface area (Å²) in [5, 5.41) is 12.1. The van der Waals surface area contributed by atoms with E-state index in [1.54, 1.807) is 0 Å². The molecule has 209 valence electrons. The molecule has 1 aromatic heterocycles. The van der Waals surface area contributed by atoms with Crippen LogP contribution in [-0.2, 0) is 30.3 Å². The van der Waals surface area contributed by atoms with Crippen molar-refractivity contribution in [2.45, 2.75) is 94.4 Å². The average Bonchev–Trinajstić information content (AvgIpc) is 2.76. The van der Waals surface area contributed by atoms with Gasteiger partial charge in [0.25, 0.3) is 0 Å². The van der Waals surface area contributed by atoms with Crippen LogP contribution >= 0.6 is 0 Å². The van der Waals surface area contributed by atoms with Gasteiger partial charge in [-0.15, -0.1) is 34.9 Å². The number of allylic oxidation sites excluding steroid dienone is 2. The zero-order chi connectivity index (χ0) is 28.3. The number of aryl methyl sites for hydroxylation is 1. The Morgan fingerprint density at radius 2 is 1.55 bits per heavy atom. The van der Waals surface area contributed by atoms with Gasteiger partial charge in [-0.05, 0) is 28.0 Å². The van der Waals surface area contributed by atoms with Crippen LogP contribution in [0.2, 0.25) is 0 Å². The van der Waals surface area contributed by atoms with Crippen LogP contribution in [0.1, 0.15) is 98.8 Å². The fourth-order valence-corrected chi connectivity index (χ4v) is 3.69. The third-order valence-corrected chi connectivity index (χ3v) is 6.34. The molecule has 0 spiro atoms. The van der Waals surface area contributed by atoms with Crippen LogP contribution in [0.4, 0.5) is 0 Å². The van der Waals surface area contributed by atoms with Crippen molar-refractivity contribution in [1.82, 2.24) is 4.98 Å². The zero-order valence-electron chi connectivity index (χ0n) is 25.3. The molecule has 3 nitrogen and oxygen atoms in total. The summed E-state index contributed by atoms with van der Waals surface area (Å²) in [6.45, 7) is 24.4. The first-order valence-corrected chi connectivity index (χ1v) is 13.2. The third kappa shape index (κ3) is 9.17. The average molecular weight is 693 g/mol. The van der Waals surface area contributed by atoms with Crippen LogP contribution in [0.25, 0.3) is 22.0 Å². The van der Waals surface area contributed by atoms with Gasteiger partial charge in [0.1, 0.15) is 5.76 Å². The van der Waals surface area contributed by atoms with Crippen molar-refractivity contribution in [3.8, 4) is 11.3 Å². The Morgan fingerprint density at radius 1 is 0.947 bits per heavy atom. The number of hydrogen-bond acceptors (Lipinski definition) is 3. The maximum atomic E-state index is 11.5. The Morgan fingerprint density at radius 3 is 2.05 bits per heavy atom. The molecular weight excluding hydrogens is 647 g/mol. The van der Waals surface area contributed by atoms with E-state index in [0.29, 0.717) is 5.92 Å². The topological polar surface area (TPSA) is 50.2 Å². The number of aromatic nitrogens is 1. The second kappa shape index (κ2) is 12.7. The van der Waals surface area contributed by atoms with Crippen molar-refractivity contribution in [3.05, 3.63) is 77.2 Å². The number of carbonyl (C=O) groups excluding carboxylic acids is 1. The minimum Gasteiger partial charge on any atom is -0.512 e. The Hall–Kier alpha value is -2.29. The summed E-state index contributed by atoms with van der Waals surface area (Å²) in [7, 11) is 0. The predicted molar refractivity (Wildman–Crippen MR) is 158 cm³/mol. The first kappa shape index (κ1) is 33.7. The SMILES string of the molecule is CC(C)(C)C(=O)/C=C(\O)C(C)(C)C.Cc1[c-]c(-c2cc3cccc(C(C)C)c3cn2)cc(C(C)(C)C)c1.[Ir]. The van der Waals surface area contributed by atoms with Gasteiger partial charge in [-0.2, -0.15) is 0 Å². The molecule has 3 rings (SSSR count). The van der Waals surface area contributed by atoms with Gasteiger partial charge in [0.2, 0.25) is 0 Å². The number of fused-ring (bicyclic) bond motifs is 1. The Balaban J connectivity index is 0.000000444. The molecule has 4 heteroatoms. The molecule has 0 aliphatic carbocycles. The van der Waals surface area contributed by atoms with E-state index in [4.69, 9.17) is 4.98 Å². The van der Waals surface area contributed by atoms with Gasteiger partial charge in [-0.3, -0.25) is 4.79 Å². The molecule has 2 aromatic carbocycles. The number of ketones is 1. The minimum absolute atomic E-state index is 0. The summed E-state index contributed by atoms with van der Waals surface area (Å²) in [5.41, 5.74) is 5.28. The molecule has 0 bridgehead atoms. The maximum absolute atomic E-state index is 11.5. The second-order valence-electron chi connectivity index (χ2n) is 13.4. The first-order valence-electron chi connectivity index (χ1n) is 13.2. The van der Waals surface area contributed by atoms with Crippen molar-refractivity contribution in [2.24, 2.45) is 10.8 Å². The van der Waals surface area contributed by atoms with Crippen LogP contribution in [0.5, 0.6) is 0 Å². The molecule has 0 unspecified atom stereocenters. The van der Waals surface area contributed by atoms with E-state index in [1.807, 2.05) is 47.7 Å². The number of hydrogen-bond donors (Lipinski definition) is 1. The largest absolute Gasteiger partial charge is 0.512 e. The van der Waals surface area contributed by atoms with E-state index in [9.17, 15) is 9.90 Å². The van der Waals surface area contributed by atoms with E-state index in [2.05, 4.69) is 84.0 Å². The normalized spacial score (nSPS) is 12.6. The Kier molecular flexibility index (Phi) is 11.3. The molecular formula is C34H46IrNO2-. The number of pyridine rings is 1. The molecule has 0 atom stereocenters. The van der Waals surface area contributed by atoms with E-state index in [0.717, 1.165) is 16.8 Å². The number of nitrogens with zero attached hydrogens (tertiary/aromatic N) is 1. The fraction of sp³-hybridized carbons (Fsp3) is 0.471. The first-order chi connectivity index (χ1) is 16.8. The molecule has 0 saturated carbocycles. The minimum atomic E-state index is -0.417. The van der Waals surface area contributed by atoms with Gasteiger partial charge in [-0.1, -0.05) is 107 Å². The number of carbonyl (C=O) groups is 1. The predicted octanol–water partition coefficient (Wildman–Crippen LogP) is 9.52. The van der Waals surface area contributed by atoms with Gasteiger partial charge in [0.15, 0.2) is 5.78 Å². The molecule has 1 heterocycles. The monoisotopic (exact) mass is 693 g/mol. The van der Waals surface area contributed by atoms with Crippen LogP contribution in [0.15, 0.2) is 54.4 Å². The molecule has 1 N–H and O–H groups in total.